The highest BCUT2D eigenvalue weighted by Gasteiger charge is 2.40. The van der Waals surface area contributed by atoms with Gasteiger partial charge < -0.3 is 14.7 Å². The summed E-state index contributed by atoms with van der Waals surface area (Å²) >= 11 is 0. The van der Waals surface area contributed by atoms with E-state index in [4.69, 9.17) is 9.63 Å². The van der Waals surface area contributed by atoms with E-state index in [1.807, 2.05) is 4.90 Å². The first kappa shape index (κ1) is 26.8. The summed E-state index contributed by atoms with van der Waals surface area (Å²) < 4.78 is 47.4. The van der Waals surface area contributed by atoms with Crippen molar-refractivity contribution in [1.29, 1.82) is 0 Å². The van der Waals surface area contributed by atoms with Crippen molar-refractivity contribution in [2.45, 2.75) is 64.4 Å². The van der Waals surface area contributed by atoms with Gasteiger partial charge in [-0.3, -0.25) is 14.4 Å². The molecule has 0 aliphatic carbocycles. The number of carboxylic acid groups (broad SMARTS) is 1. The number of aliphatic hydroxyl groups excluding tert-OH is 1. The number of aromatic nitrogens is 4. The maximum atomic E-state index is 13.8. The second-order valence-electron chi connectivity index (χ2n) is 9.78. The number of carboxylic acids is 1. The zero-order valence-corrected chi connectivity index (χ0v) is 20.6. The maximum absolute atomic E-state index is 13.8. The number of aliphatic carboxylic acids is 1. The third-order valence-corrected chi connectivity index (χ3v) is 6.42. The van der Waals surface area contributed by atoms with E-state index in [0.29, 0.717) is 17.7 Å². The third-order valence-electron chi connectivity index (χ3n) is 6.42. The predicted molar refractivity (Wildman–Crippen MR) is 127 cm³/mol. The summed E-state index contributed by atoms with van der Waals surface area (Å²) in [6, 6.07) is 6.59. The highest BCUT2D eigenvalue weighted by atomic mass is 19.4. The first-order valence-corrected chi connectivity index (χ1v) is 12.2. The fraction of sp³-hybridized carbons (Fsp3) is 0.520. The number of halogens is 3. The topological polar surface area (TPSA) is 118 Å². The molecule has 0 saturated carbocycles. The lowest BCUT2D eigenvalue weighted by molar-refractivity contribution is -0.144. The van der Waals surface area contributed by atoms with Crippen molar-refractivity contribution in [2.75, 3.05) is 13.1 Å². The van der Waals surface area contributed by atoms with Gasteiger partial charge >= 0.3 is 12.1 Å². The minimum Gasteiger partial charge on any atom is -0.481 e. The van der Waals surface area contributed by atoms with E-state index in [2.05, 4.69) is 15.2 Å². The fourth-order valence-corrected chi connectivity index (χ4v) is 4.69. The molecule has 2 aromatic heterocycles. The quantitative estimate of drug-likeness (QED) is 0.418. The smallest absolute Gasteiger partial charge is 0.433 e. The van der Waals surface area contributed by atoms with Crippen molar-refractivity contribution in [2.24, 2.45) is 5.92 Å². The molecule has 0 radical (unpaired) electrons. The van der Waals surface area contributed by atoms with E-state index < -0.39 is 23.9 Å². The van der Waals surface area contributed by atoms with Crippen molar-refractivity contribution >= 4 is 5.97 Å². The molecule has 0 amide bonds. The normalized spacial score (nSPS) is 17.9. The molecule has 1 aromatic carbocycles. The minimum atomic E-state index is -4.65. The average Bonchev–Trinajstić information content (AvgIpc) is 3.47. The number of carbonyl (C=O) groups is 1. The van der Waals surface area contributed by atoms with Gasteiger partial charge in [0.15, 0.2) is 5.69 Å². The third kappa shape index (κ3) is 6.37. The van der Waals surface area contributed by atoms with Crippen LogP contribution in [0.5, 0.6) is 0 Å². The van der Waals surface area contributed by atoms with Gasteiger partial charge in [0.2, 0.25) is 5.82 Å². The number of likely N-dealkylation sites (tertiary alicyclic amines) is 1. The van der Waals surface area contributed by atoms with E-state index in [9.17, 15) is 23.1 Å². The molecule has 12 heteroatoms. The molecule has 1 saturated heterocycles. The summed E-state index contributed by atoms with van der Waals surface area (Å²) in [5, 5.41) is 27.7. The number of hydrogen-bond acceptors (Lipinski definition) is 7. The Bertz CT molecular complexity index is 1210. The summed E-state index contributed by atoms with van der Waals surface area (Å²) in [6.07, 6.45) is -1.65. The van der Waals surface area contributed by atoms with Gasteiger partial charge in [0.05, 0.1) is 24.3 Å². The number of hydrogen-bond donors (Lipinski definition) is 2. The number of β-amino-alcohol motifs (C(OH)–C–C–N with tert-alkyl or cyclic N) is 1. The molecule has 1 fully saturated rings. The van der Waals surface area contributed by atoms with Gasteiger partial charge in [0, 0.05) is 24.7 Å². The van der Waals surface area contributed by atoms with Crippen LogP contribution >= 0.6 is 0 Å². The maximum Gasteiger partial charge on any atom is 0.433 e. The first-order chi connectivity index (χ1) is 17.5. The predicted octanol–water partition coefficient (Wildman–Crippen LogP) is 4.64. The zero-order valence-electron chi connectivity index (χ0n) is 20.6. The van der Waals surface area contributed by atoms with Crippen LogP contribution in [0, 0.1) is 5.92 Å². The van der Waals surface area contributed by atoms with Crippen LogP contribution in [-0.2, 0) is 17.5 Å². The van der Waals surface area contributed by atoms with Crippen LogP contribution < -0.4 is 0 Å². The van der Waals surface area contributed by atoms with Gasteiger partial charge in [-0.15, -0.1) is 0 Å². The Morgan fingerprint density at radius 3 is 2.57 bits per heavy atom. The Morgan fingerprint density at radius 2 is 1.92 bits per heavy atom. The number of nitrogens with zero attached hydrogens (tertiary/aromatic N) is 5. The van der Waals surface area contributed by atoms with Gasteiger partial charge in [-0.05, 0) is 30.9 Å². The van der Waals surface area contributed by atoms with Crippen molar-refractivity contribution in [3.8, 4) is 22.8 Å². The van der Waals surface area contributed by atoms with E-state index in [-0.39, 0.29) is 42.2 Å². The molecule has 200 valence electrons. The molecule has 2 N–H and O–H groups in total. The van der Waals surface area contributed by atoms with Crippen LogP contribution in [0.3, 0.4) is 0 Å². The van der Waals surface area contributed by atoms with Crippen molar-refractivity contribution < 1.29 is 32.7 Å². The lowest BCUT2D eigenvalue weighted by Gasteiger charge is -2.36. The van der Waals surface area contributed by atoms with E-state index >= 15 is 0 Å². The molecule has 2 atom stereocenters. The van der Waals surface area contributed by atoms with Crippen LogP contribution in [0.4, 0.5) is 13.2 Å². The molecule has 0 unspecified atom stereocenters. The number of benzene rings is 1. The lowest BCUT2D eigenvalue weighted by Crippen LogP contribution is -2.43. The average molecular weight is 522 g/mol. The monoisotopic (exact) mass is 521 g/mol. The highest BCUT2D eigenvalue weighted by Crippen LogP contribution is 2.37. The summed E-state index contributed by atoms with van der Waals surface area (Å²) in [5.41, 5.74) is -0.0811. The molecule has 0 bridgehead atoms. The van der Waals surface area contributed by atoms with E-state index in [0.717, 1.165) is 36.7 Å². The second-order valence-corrected chi connectivity index (χ2v) is 9.78. The summed E-state index contributed by atoms with van der Waals surface area (Å²) in [6.45, 7) is 4.73. The van der Waals surface area contributed by atoms with Gasteiger partial charge in [0.25, 0.3) is 5.89 Å². The molecule has 4 rings (SSSR count). The van der Waals surface area contributed by atoms with Crippen LogP contribution in [0.15, 0.2) is 35.0 Å². The number of aliphatic hydroxyl groups is 1. The lowest BCUT2D eigenvalue weighted by atomic mass is 9.97. The van der Waals surface area contributed by atoms with Crippen LogP contribution in [0.25, 0.3) is 22.8 Å². The summed E-state index contributed by atoms with van der Waals surface area (Å²) in [7, 11) is 0. The molecule has 0 spiro atoms. The number of piperidine rings is 1. The largest absolute Gasteiger partial charge is 0.481 e. The van der Waals surface area contributed by atoms with Crippen LogP contribution in [0.2, 0.25) is 0 Å². The molecule has 3 aromatic rings. The highest BCUT2D eigenvalue weighted by molar-refractivity contribution is 5.67. The SMILES string of the molecule is CC(C)Cn1ncc(-c2nc(-c3ccc([C@H](O)CN4CCCC[C@@H]4CC(=O)O)cc3)no2)c1C(F)(F)F. The van der Waals surface area contributed by atoms with Gasteiger partial charge in [-0.25, -0.2) is 0 Å². The Balaban J connectivity index is 1.49. The number of rotatable bonds is 9. The molecular formula is C25H30F3N5O4. The van der Waals surface area contributed by atoms with E-state index in [1.54, 1.807) is 38.1 Å². The molecule has 9 nitrogen and oxygen atoms in total. The van der Waals surface area contributed by atoms with E-state index in [1.165, 1.54) is 0 Å². The molecular weight excluding hydrogens is 491 g/mol. The minimum absolute atomic E-state index is 0.0399. The van der Waals surface area contributed by atoms with Gasteiger partial charge in [-0.1, -0.05) is 49.7 Å². The fourth-order valence-electron chi connectivity index (χ4n) is 4.69. The molecule has 37 heavy (non-hydrogen) atoms. The van der Waals surface area contributed by atoms with Crippen LogP contribution in [0.1, 0.15) is 56.9 Å². The summed E-state index contributed by atoms with van der Waals surface area (Å²) in [5.74, 6) is -1.07. The first-order valence-electron chi connectivity index (χ1n) is 12.2. The van der Waals surface area contributed by atoms with Gasteiger partial charge in [-0.2, -0.15) is 23.3 Å². The van der Waals surface area contributed by atoms with Gasteiger partial charge in [0.1, 0.15) is 0 Å². The van der Waals surface area contributed by atoms with Crippen molar-refractivity contribution in [3.63, 3.8) is 0 Å². The zero-order chi connectivity index (χ0) is 26.7. The summed E-state index contributed by atoms with van der Waals surface area (Å²) in [4.78, 5) is 17.4. The standard InChI is InChI=1S/C25H30F3N5O4/c1-15(2)13-33-22(25(26,27)28)19(12-29-33)24-30-23(31-37-24)17-8-6-16(7-9-17)20(34)14-32-10-4-3-5-18(32)11-21(35)36/h6-9,12,15,18,20,34H,3-5,10-11,13-14H2,1-2H3,(H,35,36)/t18-,20-/m1/s1. The Labute approximate surface area is 211 Å². The Morgan fingerprint density at radius 1 is 1.19 bits per heavy atom. The molecule has 1 aliphatic heterocycles. The molecule has 3 heterocycles. The van der Waals surface area contributed by atoms with Crippen molar-refractivity contribution in [3.05, 3.63) is 41.7 Å². The Hall–Kier alpha value is -3.25. The molecule has 1 aliphatic rings. The number of alkyl halides is 3. The Kier molecular flexibility index (Phi) is 7.98. The van der Waals surface area contributed by atoms with Crippen LogP contribution in [-0.4, -0.2) is 60.1 Å². The van der Waals surface area contributed by atoms with Crippen molar-refractivity contribution in [1.82, 2.24) is 24.8 Å². The second kappa shape index (κ2) is 11.0.